The minimum absolute atomic E-state index is 0.214. The summed E-state index contributed by atoms with van der Waals surface area (Å²) in [4.78, 5) is 8.43. The van der Waals surface area contributed by atoms with Crippen LogP contribution in [-0.4, -0.2) is 22.9 Å². The molecule has 28 heavy (non-hydrogen) atoms. The lowest BCUT2D eigenvalue weighted by molar-refractivity contribution is -0.274. The first-order valence-electron chi connectivity index (χ1n) is 8.53. The lowest BCUT2D eigenvalue weighted by Gasteiger charge is -2.20. The van der Waals surface area contributed by atoms with Crippen molar-refractivity contribution in [1.82, 2.24) is 10.3 Å². The minimum atomic E-state index is -4.71. The van der Waals surface area contributed by atoms with Crippen molar-refractivity contribution in [2.75, 3.05) is 0 Å². The average molecular weight is 396 g/mol. The fraction of sp³-hybridized carbons (Fsp3) is 0.368. The highest BCUT2D eigenvalue weighted by Crippen LogP contribution is 2.22. The van der Waals surface area contributed by atoms with E-state index >= 15 is 0 Å². The van der Waals surface area contributed by atoms with Crippen molar-refractivity contribution in [3.05, 3.63) is 53.7 Å². The summed E-state index contributed by atoms with van der Waals surface area (Å²) in [6.45, 7) is 6.47. The van der Waals surface area contributed by atoms with Crippen molar-refractivity contribution in [1.29, 1.82) is 0 Å². The standard InChI is InChI=1S/C19H23F3N4O2/c1-18(2,3)28-16-9-6-14(11-24-16)12-26-17(23)25-10-13-4-7-15(8-5-13)27-19(20,21)22/h4-9,11H,10,12H2,1-3H3,(H3,23,25,26). The van der Waals surface area contributed by atoms with E-state index in [2.05, 4.69) is 20.0 Å². The molecule has 1 aromatic heterocycles. The van der Waals surface area contributed by atoms with E-state index in [0.29, 0.717) is 19.0 Å². The smallest absolute Gasteiger partial charge is 0.472 e. The molecule has 1 aromatic carbocycles. The number of nitrogens with two attached hydrogens (primary N) is 1. The van der Waals surface area contributed by atoms with Gasteiger partial charge in [0.25, 0.3) is 0 Å². The van der Waals surface area contributed by atoms with Gasteiger partial charge in [0.2, 0.25) is 5.88 Å². The van der Waals surface area contributed by atoms with Gasteiger partial charge >= 0.3 is 6.36 Å². The highest BCUT2D eigenvalue weighted by molar-refractivity contribution is 5.77. The summed E-state index contributed by atoms with van der Waals surface area (Å²) in [7, 11) is 0. The van der Waals surface area contributed by atoms with Crippen molar-refractivity contribution >= 4 is 5.96 Å². The molecule has 0 spiro atoms. The fourth-order valence-corrected chi connectivity index (χ4v) is 2.11. The Morgan fingerprint density at radius 1 is 1.04 bits per heavy atom. The second-order valence-electron chi connectivity index (χ2n) is 6.97. The van der Waals surface area contributed by atoms with E-state index in [1.807, 2.05) is 26.8 Å². The third-order valence-corrected chi connectivity index (χ3v) is 3.27. The van der Waals surface area contributed by atoms with Gasteiger partial charge in [0.05, 0.1) is 6.54 Å². The van der Waals surface area contributed by atoms with Gasteiger partial charge in [0.15, 0.2) is 5.96 Å². The molecule has 0 aliphatic carbocycles. The van der Waals surface area contributed by atoms with Gasteiger partial charge < -0.3 is 20.5 Å². The van der Waals surface area contributed by atoms with Crippen molar-refractivity contribution in [3.63, 3.8) is 0 Å². The number of pyridine rings is 1. The van der Waals surface area contributed by atoms with Crippen LogP contribution in [0.25, 0.3) is 0 Å². The molecule has 0 saturated heterocycles. The number of alkyl halides is 3. The van der Waals surface area contributed by atoms with Gasteiger partial charge in [0, 0.05) is 18.8 Å². The van der Waals surface area contributed by atoms with Gasteiger partial charge in [-0.25, -0.2) is 9.98 Å². The molecule has 0 radical (unpaired) electrons. The zero-order valence-electron chi connectivity index (χ0n) is 15.9. The van der Waals surface area contributed by atoms with Crippen LogP contribution in [0.3, 0.4) is 0 Å². The van der Waals surface area contributed by atoms with Gasteiger partial charge in [-0.05, 0) is 44.0 Å². The van der Waals surface area contributed by atoms with E-state index in [4.69, 9.17) is 10.5 Å². The number of guanidine groups is 1. The lowest BCUT2D eigenvalue weighted by atomic mass is 10.2. The fourth-order valence-electron chi connectivity index (χ4n) is 2.11. The molecular formula is C19H23F3N4O2. The molecule has 9 heteroatoms. The van der Waals surface area contributed by atoms with Gasteiger partial charge in [-0.3, -0.25) is 0 Å². The Labute approximate surface area is 161 Å². The van der Waals surface area contributed by atoms with Crippen LogP contribution >= 0.6 is 0 Å². The van der Waals surface area contributed by atoms with Crippen LogP contribution < -0.4 is 20.5 Å². The lowest BCUT2D eigenvalue weighted by Crippen LogP contribution is -2.31. The van der Waals surface area contributed by atoms with Gasteiger partial charge in [-0.1, -0.05) is 18.2 Å². The third kappa shape index (κ3) is 8.15. The summed E-state index contributed by atoms with van der Waals surface area (Å²) < 4.78 is 45.9. The molecule has 3 N–H and O–H groups in total. The van der Waals surface area contributed by atoms with E-state index in [-0.39, 0.29) is 17.3 Å². The number of halogens is 3. The van der Waals surface area contributed by atoms with E-state index in [9.17, 15) is 13.2 Å². The van der Waals surface area contributed by atoms with Crippen molar-refractivity contribution in [2.24, 2.45) is 10.7 Å². The van der Waals surface area contributed by atoms with Crippen molar-refractivity contribution < 1.29 is 22.6 Å². The number of hydrogen-bond acceptors (Lipinski definition) is 4. The van der Waals surface area contributed by atoms with Crippen LogP contribution in [0.5, 0.6) is 11.6 Å². The summed E-state index contributed by atoms with van der Waals surface area (Å²) in [5.74, 6) is 0.471. The normalized spacial score (nSPS) is 12.6. The Kier molecular flexibility index (Phi) is 6.71. The Morgan fingerprint density at radius 3 is 2.21 bits per heavy atom. The Morgan fingerprint density at radius 2 is 1.68 bits per heavy atom. The quantitative estimate of drug-likeness (QED) is 0.574. The third-order valence-electron chi connectivity index (χ3n) is 3.27. The molecule has 0 unspecified atom stereocenters. The maximum atomic E-state index is 12.1. The van der Waals surface area contributed by atoms with Crippen LogP contribution in [0, 0.1) is 0 Å². The van der Waals surface area contributed by atoms with Gasteiger partial charge in [0.1, 0.15) is 11.4 Å². The van der Waals surface area contributed by atoms with Gasteiger partial charge in [-0.2, -0.15) is 0 Å². The number of nitrogens with zero attached hydrogens (tertiary/aromatic N) is 2. The first kappa shape index (κ1) is 21.3. The van der Waals surface area contributed by atoms with Crippen LogP contribution in [0.4, 0.5) is 13.2 Å². The summed E-state index contributed by atoms with van der Waals surface area (Å²) in [5.41, 5.74) is 7.09. The number of nitrogens with one attached hydrogen (secondary N) is 1. The number of ether oxygens (including phenoxy) is 2. The largest absolute Gasteiger partial charge is 0.573 e. The van der Waals surface area contributed by atoms with E-state index in [0.717, 1.165) is 11.1 Å². The first-order valence-corrected chi connectivity index (χ1v) is 8.53. The second-order valence-corrected chi connectivity index (χ2v) is 6.97. The molecule has 0 aliphatic heterocycles. The Balaban J connectivity index is 1.82. The van der Waals surface area contributed by atoms with E-state index in [1.165, 1.54) is 24.3 Å². The van der Waals surface area contributed by atoms with Crippen molar-refractivity contribution in [2.45, 2.75) is 45.8 Å². The monoisotopic (exact) mass is 396 g/mol. The van der Waals surface area contributed by atoms with Crippen LogP contribution in [0.2, 0.25) is 0 Å². The molecule has 0 atom stereocenters. The maximum Gasteiger partial charge on any atom is 0.573 e. The Bertz CT molecular complexity index is 783. The molecule has 6 nitrogen and oxygen atoms in total. The number of benzene rings is 1. The molecule has 152 valence electrons. The molecule has 0 aliphatic rings. The predicted molar refractivity (Wildman–Crippen MR) is 99.9 cm³/mol. The SMILES string of the molecule is CC(C)(C)Oc1ccc(CN=C(N)NCc2ccc(OC(F)(F)F)cc2)cn1. The summed E-state index contributed by atoms with van der Waals surface area (Å²) in [5, 5.41) is 2.90. The summed E-state index contributed by atoms with van der Waals surface area (Å²) in [6, 6.07) is 9.13. The zero-order valence-corrected chi connectivity index (χ0v) is 15.9. The average Bonchev–Trinajstić information content (AvgIpc) is 2.58. The number of hydrogen-bond donors (Lipinski definition) is 2. The molecular weight excluding hydrogens is 373 g/mol. The summed E-state index contributed by atoms with van der Waals surface area (Å²) >= 11 is 0. The maximum absolute atomic E-state index is 12.1. The first-order chi connectivity index (χ1) is 13.0. The van der Waals surface area contributed by atoms with E-state index < -0.39 is 6.36 Å². The molecule has 0 bridgehead atoms. The Hall–Kier alpha value is -2.97. The number of aliphatic imine (C=N–C) groups is 1. The number of rotatable bonds is 6. The summed E-state index contributed by atoms with van der Waals surface area (Å²) in [6.07, 6.45) is -3.04. The highest BCUT2D eigenvalue weighted by atomic mass is 19.4. The molecule has 2 rings (SSSR count). The molecule has 2 aromatic rings. The predicted octanol–water partition coefficient (Wildman–Crippen LogP) is 3.76. The molecule has 0 saturated carbocycles. The topological polar surface area (TPSA) is 81.8 Å². The minimum Gasteiger partial charge on any atom is -0.472 e. The highest BCUT2D eigenvalue weighted by Gasteiger charge is 2.30. The van der Waals surface area contributed by atoms with Crippen LogP contribution in [-0.2, 0) is 13.1 Å². The van der Waals surface area contributed by atoms with Crippen LogP contribution in [0.1, 0.15) is 31.9 Å². The second kappa shape index (κ2) is 8.81. The van der Waals surface area contributed by atoms with Gasteiger partial charge in [-0.15, -0.1) is 13.2 Å². The van der Waals surface area contributed by atoms with Crippen molar-refractivity contribution in [3.8, 4) is 11.6 Å². The van der Waals surface area contributed by atoms with E-state index in [1.54, 1.807) is 12.3 Å². The molecule has 0 amide bonds. The zero-order chi connectivity index (χ0) is 20.8. The molecule has 1 heterocycles. The van der Waals surface area contributed by atoms with Crippen LogP contribution in [0.15, 0.2) is 47.6 Å². The molecule has 0 fully saturated rings. The number of aromatic nitrogens is 1.